The molecule has 1 amide bonds. The van der Waals surface area contributed by atoms with Gasteiger partial charge < -0.3 is 19.2 Å². The molecule has 2 unspecified atom stereocenters. The summed E-state index contributed by atoms with van der Waals surface area (Å²) in [6.07, 6.45) is 2.80. The van der Waals surface area contributed by atoms with Crippen LogP contribution in [0.3, 0.4) is 0 Å². The third kappa shape index (κ3) is 4.59. The molecule has 5 rings (SSSR count). The lowest BCUT2D eigenvalue weighted by Crippen LogP contribution is -2.57. The van der Waals surface area contributed by atoms with Crippen molar-refractivity contribution in [3.63, 3.8) is 0 Å². The fourth-order valence-electron chi connectivity index (χ4n) is 4.91. The van der Waals surface area contributed by atoms with E-state index in [-0.39, 0.29) is 24.2 Å². The summed E-state index contributed by atoms with van der Waals surface area (Å²) < 4.78 is 19.2. The number of oxazole rings is 1. The van der Waals surface area contributed by atoms with E-state index in [4.69, 9.17) is 13.9 Å². The smallest absolute Gasteiger partial charge is 0.408 e. The van der Waals surface area contributed by atoms with Gasteiger partial charge in [-0.15, -0.1) is 0 Å². The third-order valence-electron chi connectivity index (χ3n) is 6.73. The molecule has 2 atom stereocenters. The second-order valence-electron chi connectivity index (χ2n) is 8.94. The minimum absolute atomic E-state index is 0.0864. The summed E-state index contributed by atoms with van der Waals surface area (Å²) in [6, 6.07) is 15.4. The molecule has 0 aliphatic carbocycles. The van der Waals surface area contributed by atoms with E-state index >= 15 is 0 Å². The highest BCUT2D eigenvalue weighted by Gasteiger charge is 2.47. The number of carbonyl (C=O) groups excluding carboxylic acids is 1. The zero-order valence-electron chi connectivity index (χ0n) is 18.8. The predicted octanol–water partition coefficient (Wildman–Crippen LogP) is 2.91. The van der Waals surface area contributed by atoms with Crippen molar-refractivity contribution < 1.29 is 18.7 Å². The number of aromatic nitrogens is 1. The zero-order chi connectivity index (χ0) is 22.8. The number of hydrogen-bond acceptors (Lipinski definition) is 6. The number of fused-ring (bicyclic) bond motifs is 1. The zero-order valence-corrected chi connectivity index (χ0v) is 18.8. The topological polar surface area (TPSA) is 85.9 Å². The van der Waals surface area contributed by atoms with Crippen LogP contribution >= 0.6 is 0 Å². The number of amides is 1. The molecule has 8 nitrogen and oxygen atoms in total. The molecule has 2 fully saturated rings. The highest BCUT2D eigenvalue weighted by atomic mass is 16.6. The van der Waals surface area contributed by atoms with Crippen molar-refractivity contribution in [3.8, 4) is 0 Å². The standard InChI is InChI=1S/C25H29N3O5/c1-27-20-9-8-19(14-21(20)33-24(27)30)26-23(29)16-28-12-11-25(10-5-13-32-25)22(15-28)31-17-18-6-3-2-4-7-18/h2-4,6-9,14,22H,5,10-13,15-17H2,1H3,(H,26,29). The predicted molar refractivity (Wildman–Crippen MR) is 124 cm³/mol. The van der Waals surface area contributed by atoms with E-state index in [9.17, 15) is 9.59 Å². The number of hydrogen-bond donors (Lipinski definition) is 1. The summed E-state index contributed by atoms with van der Waals surface area (Å²) >= 11 is 0. The maximum atomic E-state index is 12.8. The molecular formula is C25H29N3O5. The number of benzene rings is 2. The van der Waals surface area contributed by atoms with Gasteiger partial charge in [-0.05, 0) is 37.0 Å². The van der Waals surface area contributed by atoms with Crippen LogP contribution in [0.25, 0.3) is 11.1 Å². The molecule has 3 aromatic rings. The average molecular weight is 452 g/mol. The first-order valence-corrected chi connectivity index (χ1v) is 11.4. The van der Waals surface area contributed by atoms with Crippen LogP contribution in [0.15, 0.2) is 57.7 Å². The van der Waals surface area contributed by atoms with Crippen LogP contribution in [0.1, 0.15) is 24.8 Å². The van der Waals surface area contributed by atoms with Gasteiger partial charge in [0.25, 0.3) is 0 Å². The number of rotatable bonds is 6. The number of nitrogens with one attached hydrogen (secondary N) is 1. The Hall–Kier alpha value is -2.94. The Morgan fingerprint density at radius 1 is 1.21 bits per heavy atom. The molecule has 1 aromatic heterocycles. The molecule has 2 aliphatic heterocycles. The Morgan fingerprint density at radius 2 is 2.06 bits per heavy atom. The Labute approximate surface area is 192 Å². The maximum absolute atomic E-state index is 12.8. The van der Waals surface area contributed by atoms with E-state index in [2.05, 4.69) is 22.3 Å². The van der Waals surface area contributed by atoms with Crippen LogP contribution in [0, 0.1) is 0 Å². The number of piperidine rings is 1. The fraction of sp³-hybridized carbons (Fsp3) is 0.440. The summed E-state index contributed by atoms with van der Waals surface area (Å²) in [5.41, 5.74) is 2.62. The molecule has 1 spiro atoms. The van der Waals surface area contributed by atoms with Crippen LogP contribution in [0.4, 0.5) is 5.69 Å². The van der Waals surface area contributed by atoms with Crippen LogP contribution in [0.5, 0.6) is 0 Å². The second-order valence-corrected chi connectivity index (χ2v) is 8.94. The van der Waals surface area contributed by atoms with Gasteiger partial charge in [0.15, 0.2) is 5.58 Å². The van der Waals surface area contributed by atoms with Gasteiger partial charge in [-0.2, -0.15) is 0 Å². The molecule has 33 heavy (non-hydrogen) atoms. The number of likely N-dealkylation sites (tertiary alicyclic amines) is 1. The molecule has 2 aromatic carbocycles. The second kappa shape index (κ2) is 9.13. The molecule has 0 saturated carbocycles. The summed E-state index contributed by atoms with van der Waals surface area (Å²) in [6.45, 7) is 2.98. The number of anilines is 1. The number of aryl methyl sites for hydroxylation is 1. The van der Waals surface area contributed by atoms with Crippen LogP contribution in [-0.2, 0) is 27.9 Å². The third-order valence-corrected chi connectivity index (χ3v) is 6.73. The molecule has 174 valence electrons. The SMILES string of the molecule is Cn1c(=O)oc2cc(NC(=O)CN3CCC4(CCCO4)C(OCc4ccccc4)C3)ccc21. The highest BCUT2D eigenvalue weighted by Crippen LogP contribution is 2.38. The monoisotopic (exact) mass is 451 g/mol. The lowest BCUT2D eigenvalue weighted by Gasteiger charge is -2.44. The summed E-state index contributed by atoms with van der Waals surface area (Å²) in [7, 11) is 1.65. The van der Waals surface area contributed by atoms with Crippen molar-refractivity contribution in [2.24, 2.45) is 7.05 Å². The maximum Gasteiger partial charge on any atom is 0.419 e. The molecule has 8 heteroatoms. The van der Waals surface area contributed by atoms with Gasteiger partial charge in [0.2, 0.25) is 5.91 Å². The van der Waals surface area contributed by atoms with Crippen molar-refractivity contribution in [1.29, 1.82) is 0 Å². The van der Waals surface area contributed by atoms with E-state index in [1.807, 2.05) is 18.2 Å². The Kier molecular flexibility index (Phi) is 6.05. The highest BCUT2D eigenvalue weighted by molar-refractivity contribution is 5.94. The number of carbonyl (C=O) groups is 1. The van der Waals surface area contributed by atoms with Crippen molar-refractivity contribution in [3.05, 3.63) is 64.6 Å². The van der Waals surface area contributed by atoms with Crippen LogP contribution in [0.2, 0.25) is 0 Å². The number of ether oxygens (including phenoxy) is 2. The molecule has 0 radical (unpaired) electrons. The van der Waals surface area contributed by atoms with Gasteiger partial charge in [-0.3, -0.25) is 14.3 Å². The minimum atomic E-state index is -0.425. The Balaban J connectivity index is 1.22. The van der Waals surface area contributed by atoms with E-state index < -0.39 is 5.76 Å². The largest absolute Gasteiger partial charge is 0.419 e. The van der Waals surface area contributed by atoms with E-state index in [0.29, 0.717) is 29.9 Å². The Bertz CT molecular complexity index is 1180. The van der Waals surface area contributed by atoms with Gasteiger partial charge in [0.05, 0.1) is 30.4 Å². The Morgan fingerprint density at radius 3 is 2.85 bits per heavy atom. The quantitative estimate of drug-likeness (QED) is 0.620. The molecule has 0 bridgehead atoms. The molecule has 2 saturated heterocycles. The van der Waals surface area contributed by atoms with E-state index in [1.165, 1.54) is 4.57 Å². The van der Waals surface area contributed by atoms with Gasteiger partial charge in [0.1, 0.15) is 0 Å². The lowest BCUT2D eigenvalue weighted by atomic mass is 9.85. The van der Waals surface area contributed by atoms with Crippen molar-refractivity contribution in [2.75, 3.05) is 31.6 Å². The van der Waals surface area contributed by atoms with Crippen LogP contribution in [-0.4, -0.2) is 53.3 Å². The van der Waals surface area contributed by atoms with Gasteiger partial charge in [-0.1, -0.05) is 30.3 Å². The van der Waals surface area contributed by atoms with Gasteiger partial charge in [0, 0.05) is 38.5 Å². The van der Waals surface area contributed by atoms with Crippen LogP contribution < -0.4 is 11.1 Å². The molecule has 3 heterocycles. The summed E-state index contributed by atoms with van der Waals surface area (Å²) in [5, 5.41) is 2.92. The molecular weight excluding hydrogens is 422 g/mol. The minimum Gasteiger partial charge on any atom is -0.408 e. The number of nitrogens with zero attached hydrogens (tertiary/aromatic N) is 2. The van der Waals surface area contributed by atoms with Crippen molar-refractivity contribution >= 4 is 22.7 Å². The van der Waals surface area contributed by atoms with Gasteiger partial charge in [-0.25, -0.2) is 4.79 Å². The molecule has 2 aliphatic rings. The van der Waals surface area contributed by atoms with Crippen molar-refractivity contribution in [2.45, 2.75) is 37.6 Å². The first-order chi connectivity index (χ1) is 16.0. The average Bonchev–Trinajstić information content (AvgIpc) is 3.39. The summed E-state index contributed by atoms with van der Waals surface area (Å²) in [5.74, 6) is -0.538. The van der Waals surface area contributed by atoms with E-state index in [0.717, 1.165) is 38.0 Å². The lowest BCUT2D eigenvalue weighted by molar-refractivity contribution is -0.159. The van der Waals surface area contributed by atoms with Crippen molar-refractivity contribution in [1.82, 2.24) is 9.47 Å². The molecule has 1 N–H and O–H groups in total. The first kappa shape index (κ1) is 21.9. The van der Waals surface area contributed by atoms with E-state index in [1.54, 1.807) is 25.2 Å². The normalized spacial score (nSPS) is 23.4. The summed E-state index contributed by atoms with van der Waals surface area (Å²) in [4.78, 5) is 26.6. The first-order valence-electron chi connectivity index (χ1n) is 11.4. The fourth-order valence-corrected chi connectivity index (χ4v) is 4.91. The van der Waals surface area contributed by atoms with Gasteiger partial charge >= 0.3 is 5.76 Å².